The highest BCUT2D eigenvalue weighted by atomic mass is 16.2. The van der Waals surface area contributed by atoms with Gasteiger partial charge in [0.1, 0.15) is 6.54 Å². The molecule has 0 saturated carbocycles. The maximum atomic E-state index is 12.5. The third-order valence-corrected chi connectivity index (χ3v) is 4.42. The number of aryl methyl sites for hydroxylation is 1. The fourth-order valence-corrected chi connectivity index (χ4v) is 3.00. The summed E-state index contributed by atoms with van der Waals surface area (Å²) in [7, 11) is 0. The predicted molar refractivity (Wildman–Crippen MR) is 108 cm³/mol. The van der Waals surface area contributed by atoms with Crippen molar-refractivity contribution in [2.75, 3.05) is 16.8 Å². The summed E-state index contributed by atoms with van der Waals surface area (Å²) in [4.78, 5) is 37.7. The van der Waals surface area contributed by atoms with E-state index in [0.717, 1.165) is 16.8 Å². The molecule has 0 saturated heterocycles. The Bertz CT molecular complexity index is 854. The average molecular weight is 366 g/mol. The van der Waals surface area contributed by atoms with Gasteiger partial charge in [0.2, 0.25) is 11.8 Å². The second-order valence-corrected chi connectivity index (χ2v) is 6.95. The third-order valence-electron chi connectivity index (χ3n) is 4.42. The zero-order valence-corrected chi connectivity index (χ0v) is 16.5. The second-order valence-electron chi connectivity index (χ2n) is 6.95. The molecule has 0 radical (unpaired) electrons. The molecule has 0 aliphatic rings. The van der Waals surface area contributed by atoms with Crippen LogP contribution in [0.25, 0.3) is 0 Å². The van der Waals surface area contributed by atoms with Crippen LogP contribution < -0.4 is 10.2 Å². The van der Waals surface area contributed by atoms with Crippen molar-refractivity contribution in [1.82, 2.24) is 0 Å². The number of hydrogen-bond acceptors (Lipinski definition) is 3. The van der Waals surface area contributed by atoms with Crippen molar-refractivity contribution in [2.24, 2.45) is 0 Å². The molecule has 0 heterocycles. The zero-order chi connectivity index (χ0) is 20.1. The summed E-state index contributed by atoms with van der Waals surface area (Å²) in [6.07, 6.45) is 0. The molecule has 0 aliphatic carbocycles. The quantitative estimate of drug-likeness (QED) is 0.775. The summed E-state index contributed by atoms with van der Waals surface area (Å²) >= 11 is 0. The molecule has 1 N–H and O–H groups in total. The van der Waals surface area contributed by atoms with E-state index in [0.29, 0.717) is 11.3 Å². The molecule has 2 rings (SSSR count). The van der Waals surface area contributed by atoms with Gasteiger partial charge in [-0.2, -0.15) is 0 Å². The first-order valence-electron chi connectivity index (χ1n) is 8.99. The molecule has 5 nitrogen and oxygen atoms in total. The van der Waals surface area contributed by atoms with Crippen molar-refractivity contribution in [3.8, 4) is 0 Å². The smallest absolute Gasteiger partial charge is 0.244 e. The van der Waals surface area contributed by atoms with Gasteiger partial charge in [-0.15, -0.1) is 0 Å². The molecular formula is C22H26N2O3. The van der Waals surface area contributed by atoms with Gasteiger partial charge in [-0.1, -0.05) is 32.0 Å². The first-order valence-corrected chi connectivity index (χ1v) is 8.99. The van der Waals surface area contributed by atoms with E-state index in [1.807, 2.05) is 25.1 Å². The first-order chi connectivity index (χ1) is 12.7. The minimum Gasteiger partial charge on any atom is -0.325 e. The molecule has 0 bridgehead atoms. The van der Waals surface area contributed by atoms with Crippen molar-refractivity contribution in [3.63, 3.8) is 0 Å². The number of anilines is 2. The van der Waals surface area contributed by atoms with E-state index in [1.54, 1.807) is 24.3 Å². The van der Waals surface area contributed by atoms with Crippen molar-refractivity contribution < 1.29 is 14.4 Å². The Morgan fingerprint density at radius 3 is 2.15 bits per heavy atom. The molecule has 2 aromatic rings. The molecule has 0 aromatic heterocycles. The highest BCUT2D eigenvalue weighted by Crippen LogP contribution is 2.31. The van der Waals surface area contributed by atoms with E-state index in [2.05, 4.69) is 19.2 Å². The number of nitrogens with one attached hydrogen (secondary N) is 1. The van der Waals surface area contributed by atoms with Gasteiger partial charge in [0.25, 0.3) is 0 Å². The van der Waals surface area contributed by atoms with E-state index in [1.165, 1.54) is 18.7 Å². The number of carbonyl (C=O) groups excluding carboxylic acids is 3. The van der Waals surface area contributed by atoms with Crippen molar-refractivity contribution in [1.29, 1.82) is 0 Å². The van der Waals surface area contributed by atoms with Crippen LogP contribution in [0.15, 0.2) is 42.5 Å². The van der Waals surface area contributed by atoms with Crippen LogP contribution in [0.2, 0.25) is 0 Å². The standard InChI is InChI=1S/C22H26N2O3/c1-14(2)20-8-6-7-15(3)22(20)24(17(5)26)13-21(27)23-19-11-9-18(10-12-19)16(4)25/h6-12,14H,13H2,1-5H3,(H,23,27). The SMILES string of the molecule is CC(=O)c1ccc(NC(=O)CN(C(C)=O)c2c(C)cccc2C(C)C)cc1. The maximum absolute atomic E-state index is 12.5. The molecule has 0 aliphatic heterocycles. The molecule has 0 unspecified atom stereocenters. The summed E-state index contributed by atoms with van der Waals surface area (Å²) in [5.41, 5.74) is 3.95. The van der Waals surface area contributed by atoms with Crippen molar-refractivity contribution in [3.05, 3.63) is 59.2 Å². The number of benzene rings is 2. The minimum atomic E-state index is -0.293. The van der Waals surface area contributed by atoms with Gasteiger partial charge in [0.05, 0.1) is 5.69 Å². The first kappa shape index (κ1) is 20.4. The fraction of sp³-hybridized carbons (Fsp3) is 0.318. The lowest BCUT2D eigenvalue weighted by molar-refractivity contribution is -0.120. The molecule has 142 valence electrons. The highest BCUT2D eigenvalue weighted by molar-refractivity contribution is 6.03. The number of amides is 2. The van der Waals surface area contributed by atoms with Crippen LogP contribution in [0.4, 0.5) is 11.4 Å². The van der Waals surface area contributed by atoms with E-state index >= 15 is 0 Å². The normalized spacial score (nSPS) is 10.6. The molecule has 27 heavy (non-hydrogen) atoms. The summed E-state index contributed by atoms with van der Waals surface area (Å²) in [5, 5.41) is 2.79. The van der Waals surface area contributed by atoms with Crippen LogP contribution in [0, 0.1) is 6.92 Å². The van der Waals surface area contributed by atoms with E-state index in [9.17, 15) is 14.4 Å². The van der Waals surface area contributed by atoms with Gasteiger partial charge in [0.15, 0.2) is 5.78 Å². The number of nitrogens with zero attached hydrogens (tertiary/aromatic N) is 1. The molecule has 2 amide bonds. The Kier molecular flexibility index (Phi) is 6.50. The molecule has 5 heteroatoms. The largest absolute Gasteiger partial charge is 0.325 e. The Labute approximate surface area is 160 Å². The predicted octanol–water partition coefficient (Wildman–Crippen LogP) is 4.31. The summed E-state index contributed by atoms with van der Waals surface area (Å²) in [5.74, 6) is -0.285. The van der Waals surface area contributed by atoms with Gasteiger partial charge in [0, 0.05) is 18.2 Å². The van der Waals surface area contributed by atoms with E-state index in [4.69, 9.17) is 0 Å². The lowest BCUT2D eigenvalue weighted by Gasteiger charge is -2.27. The van der Waals surface area contributed by atoms with Gasteiger partial charge in [-0.3, -0.25) is 14.4 Å². The van der Waals surface area contributed by atoms with E-state index < -0.39 is 0 Å². The number of Topliss-reactive ketones (excluding diaryl/α,β-unsaturated/α-hetero) is 1. The Morgan fingerprint density at radius 2 is 1.63 bits per heavy atom. The summed E-state index contributed by atoms with van der Waals surface area (Å²) < 4.78 is 0. The number of rotatable bonds is 6. The van der Waals surface area contributed by atoms with Gasteiger partial charge in [-0.05, 0) is 55.2 Å². The third kappa shape index (κ3) is 5.03. The number of para-hydroxylation sites is 1. The highest BCUT2D eigenvalue weighted by Gasteiger charge is 2.21. The van der Waals surface area contributed by atoms with Crippen LogP contribution in [-0.2, 0) is 9.59 Å². The number of ketones is 1. The molecule has 2 aromatic carbocycles. The zero-order valence-electron chi connectivity index (χ0n) is 16.5. The summed E-state index contributed by atoms with van der Waals surface area (Å²) in [6, 6.07) is 12.6. The molecular weight excluding hydrogens is 340 g/mol. The molecule has 0 atom stereocenters. The van der Waals surface area contributed by atoms with Gasteiger partial charge in [-0.25, -0.2) is 0 Å². The van der Waals surface area contributed by atoms with Crippen LogP contribution in [0.1, 0.15) is 55.1 Å². The van der Waals surface area contributed by atoms with Crippen molar-refractivity contribution >= 4 is 29.0 Å². The fourth-order valence-electron chi connectivity index (χ4n) is 3.00. The van der Waals surface area contributed by atoms with Crippen LogP contribution >= 0.6 is 0 Å². The van der Waals surface area contributed by atoms with Crippen molar-refractivity contribution in [2.45, 2.75) is 40.5 Å². The number of hydrogen-bond donors (Lipinski definition) is 1. The average Bonchev–Trinajstić information content (AvgIpc) is 2.60. The lowest BCUT2D eigenvalue weighted by Crippen LogP contribution is -2.37. The minimum absolute atomic E-state index is 0.0311. The monoisotopic (exact) mass is 366 g/mol. The van der Waals surface area contributed by atoms with Crippen LogP contribution in [-0.4, -0.2) is 24.1 Å². The Hall–Kier alpha value is -2.95. The Balaban J connectivity index is 2.23. The van der Waals surface area contributed by atoms with E-state index in [-0.39, 0.29) is 30.1 Å². The topological polar surface area (TPSA) is 66.5 Å². The Morgan fingerprint density at radius 1 is 1.00 bits per heavy atom. The molecule has 0 fully saturated rings. The van der Waals surface area contributed by atoms with Gasteiger partial charge < -0.3 is 10.2 Å². The number of carbonyl (C=O) groups is 3. The molecule has 0 spiro atoms. The van der Waals surface area contributed by atoms with Crippen LogP contribution in [0.5, 0.6) is 0 Å². The van der Waals surface area contributed by atoms with Gasteiger partial charge >= 0.3 is 0 Å². The maximum Gasteiger partial charge on any atom is 0.244 e. The lowest BCUT2D eigenvalue weighted by atomic mass is 9.97. The summed E-state index contributed by atoms with van der Waals surface area (Å²) in [6.45, 7) is 8.95. The van der Waals surface area contributed by atoms with Crippen LogP contribution in [0.3, 0.4) is 0 Å². The second kappa shape index (κ2) is 8.62.